The van der Waals surface area contributed by atoms with Crippen LogP contribution < -0.4 is 4.72 Å². The van der Waals surface area contributed by atoms with E-state index in [9.17, 15) is 8.42 Å². The fourth-order valence-electron chi connectivity index (χ4n) is 2.61. The Morgan fingerprint density at radius 1 is 1.27 bits per heavy atom. The molecule has 26 heavy (non-hydrogen) atoms. The molecule has 0 unspecified atom stereocenters. The van der Waals surface area contributed by atoms with Crippen molar-refractivity contribution in [1.82, 2.24) is 19.6 Å². The lowest BCUT2D eigenvalue weighted by Gasteiger charge is -2.09. The van der Waals surface area contributed by atoms with Crippen LogP contribution in [0.2, 0.25) is 0 Å². The number of sulfonamides is 1. The van der Waals surface area contributed by atoms with Gasteiger partial charge in [-0.05, 0) is 54.4 Å². The lowest BCUT2D eigenvalue weighted by atomic mass is 10.2. The van der Waals surface area contributed by atoms with Crippen LogP contribution in [0.15, 0.2) is 46.0 Å². The van der Waals surface area contributed by atoms with Crippen molar-refractivity contribution in [3.8, 4) is 0 Å². The lowest BCUT2D eigenvalue weighted by Crippen LogP contribution is -2.13. The summed E-state index contributed by atoms with van der Waals surface area (Å²) < 4.78 is 32.1. The Morgan fingerprint density at radius 2 is 2.04 bits per heavy atom. The zero-order chi connectivity index (χ0) is 18.9. The van der Waals surface area contributed by atoms with E-state index < -0.39 is 10.0 Å². The highest BCUT2D eigenvalue weighted by molar-refractivity contribution is 9.10. The van der Waals surface area contributed by atoms with Crippen molar-refractivity contribution in [1.29, 1.82) is 0 Å². The summed E-state index contributed by atoms with van der Waals surface area (Å²) in [5, 5.41) is 8.51. The zero-order valence-corrected chi connectivity index (χ0v) is 17.2. The van der Waals surface area contributed by atoms with Crippen LogP contribution in [-0.2, 0) is 23.1 Å². The Morgan fingerprint density at radius 3 is 2.65 bits per heavy atom. The van der Waals surface area contributed by atoms with Gasteiger partial charge in [0.25, 0.3) is 10.0 Å². The number of benzene rings is 1. The average molecular weight is 438 g/mol. The van der Waals surface area contributed by atoms with Crippen molar-refractivity contribution >= 4 is 31.6 Å². The summed E-state index contributed by atoms with van der Waals surface area (Å²) in [6.07, 6.45) is 2.86. The molecule has 0 saturated heterocycles. The van der Waals surface area contributed by atoms with Gasteiger partial charge in [0.2, 0.25) is 0 Å². The van der Waals surface area contributed by atoms with Crippen LogP contribution in [0.4, 0.5) is 5.69 Å². The molecule has 0 aliphatic carbocycles. The van der Waals surface area contributed by atoms with Crippen LogP contribution in [0.25, 0.3) is 0 Å². The summed E-state index contributed by atoms with van der Waals surface area (Å²) in [5.41, 5.74) is 3.41. The van der Waals surface area contributed by atoms with E-state index >= 15 is 0 Å². The molecule has 0 spiro atoms. The maximum absolute atomic E-state index is 12.5. The molecule has 3 aromatic rings. The Balaban J connectivity index is 1.81. The number of hydrogen-bond acceptors (Lipinski definition) is 4. The van der Waals surface area contributed by atoms with Gasteiger partial charge in [-0.3, -0.25) is 14.1 Å². The Bertz CT molecular complexity index is 1040. The number of halogens is 1. The van der Waals surface area contributed by atoms with Gasteiger partial charge in [-0.15, -0.1) is 0 Å². The Labute approximate surface area is 161 Å². The molecular weight excluding hydrogens is 418 g/mol. The second-order valence-corrected chi connectivity index (χ2v) is 8.46. The zero-order valence-electron chi connectivity index (χ0n) is 14.8. The third-order valence-corrected chi connectivity index (χ3v) is 6.53. The fraction of sp³-hybridized carbons (Fsp3) is 0.294. The number of nitrogens with zero attached hydrogens (tertiary/aromatic N) is 4. The van der Waals surface area contributed by atoms with E-state index in [1.54, 1.807) is 10.7 Å². The summed E-state index contributed by atoms with van der Waals surface area (Å²) in [5.74, 6) is 0. The van der Waals surface area contributed by atoms with Crippen molar-refractivity contribution in [2.45, 2.75) is 38.8 Å². The molecule has 0 bridgehead atoms. The SMILES string of the molecule is CCn1cc(S(=O)(=O)Nc2cccc(Cn3nc(C)c(Br)c3C)c2)cn1. The molecule has 0 saturated carbocycles. The van der Waals surface area contributed by atoms with Gasteiger partial charge < -0.3 is 0 Å². The minimum atomic E-state index is -3.67. The topological polar surface area (TPSA) is 81.8 Å². The normalized spacial score (nSPS) is 11.7. The second-order valence-electron chi connectivity index (χ2n) is 5.98. The molecule has 138 valence electrons. The molecule has 0 aliphatic rings. The first-order valence-electron chi connectivity index (χ1n) is 8.14. The summed E-state index contributed by atoms with van der Waals surface area (Å²) in [6.45, 7) is 7.00. The molecule has 1 aromatic carbocycles. The minimum Gasteiger partial charge on any atom is -0.280 e. The minimum absolute atomic E-state index is 0.146. The standard InChI is InChI=1S/C17H20BrN5O2S/c1-4-22-11-16(9-19-22)26(24,25)21-15-7-5-6-14(8-15)10-23-13(3)17(18)12(2)20-23/h5-9,11,21H,4,10H2,1-3H3. The van der Waals surface area contributed by atoms with Gasteiger partial charge in [0.15, 0.2) is 0 Å². The molecule has 0 fully saturated rings. The van der Waals surface area contributed by atoms with Crippen molar-refractivity contribution < 1.29 is 8.42 Å². The summed E-state index contributed by atoms with van der Waals surface area (Å²) in [4.78, 5) is 0.146. The Kier molecular flexibility index (Phi) is 5.19. The number of hydrogen-bond donors (Lipinski definition) is 1. The van der Waals surface area contributed by atoms with Gasteiger partial charge in [0.05, 0.1) is 28.6 Å². The van der Waals surface area contributed by atoms with Crippen LogP contribution in [0.1, 0.15) is 23.9 Å². The highest BCUT2D eigenvalue weighted by Gasteiger charge is 2.17. The number of rotatable bonds is 6. The highest BCUT2D eigenvalue weighted by Crippen LogP contribution is 2.22. The molecule has 2 aromatic heterocycles. The van der Waals surface area contributed by atoms with E-state index in [0.717, 1.165) is 21.4 Å². The van der Waals surface area contributed by atoms with E-state index in [0.29, 0.717) is 18.8 Å². The number of aromatic nitrogens is 4. The van der Waals surface area contributed by atoms with Crippen molar-refractivity contribution in [3.05, 3.63) is 58.1 Å². The maximum Gasteiger partial charge on any atom is 0.265 e. The molecule has 0 aliphatic heterocycles. The van der Waals surface area contributed by atoms with Crippen molar-refractivity contribution in [2.24, 2.45) is 0 Å². The third kappa shape index (κ3) is 3.83. The van der Waals surface area contributed by atoms with Crippen molar-refractivity contribution in [3.63, 3.8) is 0 Å². The fourth-order valence-corrected chi connectivity index (χ4v) is 3.89. The van der Waals surface area contributed by atoms with Crippen LogP contribution in [-0.4, -0.2) is 28.0 Å². The summed E-state index contributed by atoms with van der Waals surface area (Å²) in [7, 11) is -3.67. The maximum atomic E-state index is 12.5. The Hall–Kier alpha value is -2.13. The molecule has 0 radical (unpaired) electrons. The first-order valence-corrected chi connectivity index (χ1v) is 10.4. The molecule has 0 amide bonds. The largest absolute Gasteiger partial charge is 0.280 e. The smallest absolute Gasteiger partial charge is 0.265 e. The van der Waals surface area contributed by atoms with E-state index in [2.05, 4.69) is 30.8 Å². The monoisotopic (exact) mass is 437 g/mol. The molecule has 9 heteroatoms. The number of anilines is 1. The number of aryl methyl sites for hydroxylation is 2. The molecule has 1 N–H and O–H groups in total. The van der Waals surface area contributed by atoms with Crippen LogP contribution in [0, 0.1) is 13.8 Å². The predicted octanol–water partition coefficient (Wildman–Crippen LogP) is 3.33. The van der Waals surface area contributed by atoms with Gasteiger partial charge in [-0.25, -0.2) is 8.42 Å². The number of nitrogens with one attached hydrogen (secondary N) is 1. The van der Waals surface area contributed by atoms with Gasteiger partial charge >= 0.3 is 0 Å². The summed E-state index contributed by atoms with van der Waals surface area (Å²) in [6, 6.07) is 7.30. The predicted molar refractivity (Wildman–Crippen MR) is 104 cm³/mol. The van der Waals surface area contributed by atoms with Crippen molar-refractivity contribution in [2.75, 3.05) is 4.72 Å². The molecule has 2 heterocycles. The molecule has 7 nitrogen and oxygen atoms in total. The first-order chi connectivity index (χ1) is 12.3. The quantitative estimate of drug-likeness (QED) is 0.640. The van der Waals surface area contributed by atoms with E-state index in [1.807, 2.05) is 43.7 Å². The average Bonchev–Trinajstić information content (AvgIpc) is 3.17. The van der Waals surface area contributed by atoms with E-state index in [-0.39, 0.29) is 4.90 Å². The van der Waals surface area contributed by atoms with Gasteiger partial charge in [-0.2, -0.15) is 10.2 Å². The highest BCUT2D eigenvalue weighted by atomic mass is 79.9. The van der Waals surface area contributed by atoms with E-state index in [1.165, 1.54) is 12.4 Å². The van der Waals surface area contributed by atoms with Gasteiger partial charge in [0, 0.05) is 18.4 Å². The third-order valence-electron chi connectivity index (χ3n) is 4.05. The molecule has 3 rings (SSSR count). The van der Waals surface area contributed by atoms with Crippen LogP contribution in [0.3, 0.4) is 0 Å². The summed E-state index contributed by atoms with van der Waals surface area (Å²) >= 11 is 3.52. The van der Waals surface area contributed by atoms with Crippen LogP contribution >= 0.6 is 15.9 Å². The lowest BCUT2D eigenvalue weighted by molar-refractivity contribution is 0.600. The second kappa shape index (κ2) is 7.24. The molecular formula is C17H20BrN5O2S. The van der Waals surface area contributed by atoms with E-state index in [4.69, 9.17) is 0 Å². The first kappa shape index (κ1) is 18.7. The van der Waals surface area contributed by atoms with Gasteiger partial charge in [0.1, 0.15) is 4.90 Å². The molecule has 0 atom stereocenters. The van der Waals surface area contributed by atoms with Gasteiger partial charge in [-0.1, -0.05) is 12.1 Å². The van der Waals surface area contributed by atoms with Crippen LogP contribution in [0.5, 0.6) is 0 Å².